The van der Waals surface area contributed by atoms with Crippen molar-refractivity contribution in [1.29, 1.82) is 0 Å². The molecule has 0 radical (unpaired) electrons. The molecule has 42 heavy (non-hydrogen) atoms. The van der Waals surface area contributed by atoms with Crippen molar-refractivity contribution in [3.63, 3.8) is 0 Å². The summed E-state index contributed by atoms with van der Waals surface area (Å²) in [6, 6.07) is 32.1. The van der Waals surface area contributed by atoms with Gasteiger partial charge in [0, 0.05) is 29.2 Å². The average molecular weight is 565 g/mol. The molecule has 0 aliphatic heterocycles. The van der Waals surface area contributed by atoms with Crippen LogP contribution in [-0.2, 0) is 22.4 Å². The summed E-state index contributed by atoms with van der Waals surface area (Å²) in [5.41, 5.74) is 3.35. The molecule has 0 bridgehead atoms. The largest absolute Gasteiger partial charge is 0.492 e. The molecule has 7 heteroatoms. The molecule has 0 spiro atoms. The van der Waals surface area contributed by atoms with E-state index in [-0.39, 0.29) is 24.0 Å². The van der Waals surface area contributed by atoms with Crippen molar-refractivity contribution in [1.82, 2.24) is 5.32 Å². The van der Waals surface area contributed by atoms with Gasteiger partial charge in [0.05, 0.1) is 6.54 Å². The van der Waals surface area contributed by atoms with Gasteiger partial charge in [-0.05, 0) is 48.2 Å². The molecule has 4 rings (SSSR count). The summed E-state index contributed by atoms with van der Waals surface area (Å²) in [5.74, 6) is -0.652. The molecule has 0 aliphatic carbocycles. The maximum Gasteiger partial charge on any atom is 0.326 e. The SMILES string of the molecule is CCC(Cc1ccccc1)C(=O)NCCOc1ccc(CC(Nc2ccccc2C(=O)c2ccccc2)C(=O)O)cc1. The van der Waals surface area contributed by atoms with Crippen molar-refractivity contribution in [3.8, 4) is 5.75 Å². The van der Waals surface area contributed by atoms with E-state index in [4.69, 9.17) is 4.74 Å². The lowest BCUT2D eigenvalue weighted by Gasteiger charge is -2.18. The molecule has 1 amide bonds. The third-order valence-corrected chi connectivity index (χ3v) is 7.06. The first-order chi connectivity index (χ1) is 20.4. The number of nitrogens with one attached hydrogen (secondary N) is 2. The number of carbonyl (C=O) groups is 3. The van der Waals surface area contributed by atoms with Gasteiger partial charge in [0.1, 0.15) is 18.4 Å². The van der Waals surface area contributed by atoms with E-state index in [0.29, 0.717) is 42.1 Å². The lowest BCUT2D eigenvalue weighted by Crippen LogP contribution is -2.34. The topological polar surface area (TPSA) is 105 Å². The van der Waals surface area contributed by atoms with Gasteiger partial charge in [0.2, 0.25) is 5.91 Å². The van der Waals surface area contributed by atoms with Gasteiger partial charge in [-0.3, -0.25) is 9.59 Å². The molecule has 0 saturated heterocycles. The normalized spacial score (nSPS) is 12.1. The summed E-state index contributed by atoms with van der Waals surface area (Å²) in [6.45, 7) is 2.72. The first kappa shape index (κ1) is 30.1. The summed E-state index contributed by atoms with van der Waals surface area (Å²) < 4.78 is 5.79. The van der Waals surface area contributed by atoms with Crippen LogP contribution in [0.15, 0.2) is 109 Å². The predicted octanol–water partition coefficient (Wildman–Crippen LogP) is 5.79. The summed E-state index contributed by atoms with van der Waals surface area (Å²) in [7, 11) is 0. The number of benzene rings is 4. The third-order valence-electron chi connectivity index (χ3n) is 7.06. The second-order valence-corrected chi connectivity index (χ2v) is 10.1. The molecule has 0 heterocycles. The number of carboxylic acids is 1. The standard InChI is InChI=1S/C35H36N2O5/c1-2-27(23-25-11-5-3-6-12-25)34(39)36-21-22-42-29-19-17-26(18-20-29)24-32(35(40)41)37-31-16-10-9-15-30(31)33(38)28-13-7-4-8-14-28/h3-20,27,32,37H,2,21-24H2,1H3,(H,36,39)(H,40,41). The van der Waals surface area contributed by atoms with Gasteiger partial charge >= 0.3 is 5.97 Å². The number of rotatable bonds is 15. The number of amides is 1. The predicted molar refractivity (Wildman–Crippen MR) is 164 cm³/mol. The van der Waals surface area contributed by atoms with Crippen LogP contribution >= 0.6 is 0 Å². The number of hydrogen-bond donors (Lipinski definition) is 3. The molecular formula is C35H36N2O5. The van der Waals surface area contributed by atoms with Crippen molar-refractivity contribution in [2.45, 2.75) is 32.2 Å². The highest BCUT2D eigenvalue weighted by molar-refractivity contribution is 6.12. The van der Waals surface area contributed by atoms with Gasteiger partial charge < -0.3 is 20.5 Å². The summed E-state index contributed by atoms with van der Waals surface area (Å²) in [4.78, 5) is 37.8. The molecule has 2 unspecified atom stereocenters. The first-order valence-corrected chi connectivity index (χ1v) is 14.2. The highest BCUT2D eigenvalue weighted by Gasteiger charge is 2.21. The van der Waals surface area contributed by atoms with E-state index in [9.17, 15) is 19.5 Å². The maximum absolute atomic E-state index is 13.1. The minimum Gasteiger partial charge on any atom is -0.492 e. The summed E-state index contributed by atoms with van der Waals surface area (Å²) >= 11 is 0. The molecule has 0 fully saturated rings. The fourth-order valence-electron chi connectivity index (χ4n) is 4.71. The Bertz CT molecular complexity index is 1460. The van der Waals surface area contributed by atoms with Crippen LogP contribution in [0, 0.1) is 5.92 Å². The first-order valence-electron chi connectivity index (χ1n) is 14.2. The van der Waals surface area contributed by atoms with E-state index in [1.807, 2.05) is 55.5 Å². The zero-order chi connectivity index (χ0) is 29.7. The Morgan fingerprint density at radius 1 is 0.762 bits per heavy atom. The molecule has 3 N–H and O–H groups in total. The zero-order valence-corrected chi connectivity index (χ0v) is 23.7. The van der Waals surface area contributed by atoms with Crippen LogP contribution in [-0.4, -0.2) is 42.0 Å². The molecule has 2 atom stereocenters. The number of anilines is 1. The number of carbonyl (C=O) groups excluding carboxylic acids is 2. The van der Waals surface area contributed by atoms with Gasteiger partial charge in [0.15, 0.2) is 5.78 Å². The minimum absolute atomic E-state index is 0.0135. The van der Waals surface area contributed by atoms with E-state index in [0.717, 1.165) is 17.5 Å². The summed E-state index contributed by atoms with van der Waals surface area (Å²) in [6.07, 6.45) is 1.66. The van der Waals surface area contributed by atoms with Gasteiger partial charge in [-0.1, -0.05) is 91.9 Å². The number of ether oxygens (including phenoxy) is 1. The van der Waals surface area contributed by atoms with Gasteiger partial charge in [-0.15, -0.1) is 0 Å². The zero-order valence-electron chi connectivity index (χ0n) is 23.7. The lowest BCUT2D eigenvalue weighted by atomic mass is 9.96. The quantitative estimate of drug-likeness (QED) is 0.125. The molecular weight excluding hydrogens is 528 g/mol. The molecule has 0 aromatic heterocycles. The van der Waals surface area contributed by atoms with Crippen LogP contribution in [0.1, 0.15) is 40.4 Å². The van der Waals surface area contributed by atoms with Gasteiger partial charge in [-0.25, -0.2) is 4.79 Å². The van der Waals surface area contributed by atoms with Crippen molar-refractivity contribution < 1.29 is 24.2 Å². The van der Waals surface area contributed by atoms with Crippen molar-refractivity contribution in [3.05, 3.63) is 131 Å². The molecule has 216 valence electrons. The fourth-order valence-corrected chi connectivity index (χ4v) is 4.71. The second kappa shape index (κ2) is 15.2. The van der Waals surface area contributed by atoms with Crippen LogP contribution < -0.4 is 15.4 Å². The highest BCUT2D eigenvalue weighted by Crippen LogP contribution is 2.22. The van der Waals surface area contributed by atoms with Crippen LogP contribution in [0.5, 0.6) is 5.75 Å². The van der Waals surface area contributed by atoms with E-state index >= 15 is 0 Å². The van der Waals surface area contributed by atoms with Crippen molar-refractivity contribution >= 4 is 23.3 Å². The van der Waals surface area contributed by atoms with Crippen LogP contribution in [0.3, 0.4) is 0 Å². The fraction of sp³-hybridized carbons (Fsp3) is 0.229. The third kappa shape index (κ3) is 8.54. The van der Waals surface area contributed by atoms with Gasteiger partial charge in [-0.2, -0.15) is 0 Å². The Kier molecular flexibility index (Phi) is 10.9. The number of para-hydroxylation sites is 1. The lowest BCUT2D eigenvalue weighted by molar-refractivity contribution is -0.137. The van der Waals surface area contributed by atoms with Crippen LogP contribution in [0.4, 0.5) is 5.69 Å². The van der Waals surface area contributed by atoms with E-state index in [1.54, 1.807) is 60.7 Å². The molecule has 0 saturated carbocycles. The number of carboxylic acid groups (broad SMARTS) is 1. The van der Waals surface area contributed by atoms with E-state index < -0.39 is 12.0 Å². The number of aliphatic carboxylic acids is 1. The average Bonchev–Trinajstić information content (AvgIpc) is 3.03. The van der Waals surface area contributed by atoms with Gasteiger partial charge in [0.25, 0.3) is 0 Å². The molecule has 7 nitrogen and oxygen atoms in total. The number of ketones is 1. The van der Waals surface area contributed by atoms with Crippen LogP contribution in [0.2, 0.25) is 0 Å². The van der Waals surface area contributed by atoms with Crippen molar-refractivity contribution in [2.24, 2.45) is 5.92 Å². The molecule has 0 aliphatic rings. The van der Waals surface area contributed by atoms with E-state index in [1.165, 1.54) is 0 Å². The Balaban J connectivity index is 1.29. The molecule has 4 aromatic carbocycles. The second-order valence-electron chi connectivity index (χ2n) is 10.1. The Labute approximate surface area is 246 Å². The smallest absolute Gasteiger partial charge is 0.326 e. The summed E-state index contributed by atoms with van der Waals surface area (Å²) in [5, 5.41) is 15.9. The minimum atomic E-state index is -1.02. The Hall–Kier alpha value is -4.91. The molecule has 4 aromatic rings. The number of hydrogen-bond acceptors (Lipinski definition) is 5. The Morgan fingerprint density at radius 2 is 1.38 bits per heavy atom. The monoisotopic (exact) mass is 564 g/mol. The van der Waals surface area contributed by atoms with Crippen molar-refractivity contribution in [2.75, 3.05) is 18.5 Å². The maximum atomic E-state index is 13.1. The highest BCUT2D eigenvalue weighted by atomic mass is 16.5. The Morgan fingerprint density at radius 3 is 2.05 bits per heavy atom. The van der Waals surface area contributed by atoms with Crippen LogP contribution in [0.25, 0.3) is 0 Å². The van der Waals surface area contributed by atoms with E-state index in [2.05, 4.69) is 10.6 Å².